The van der Waals surface area contributed by atoms with E-state index in [4.69, 9.17) is 5.73 Å². The van der Waals surface area contributed by atoms with Crippen molar-refractivity contribution in [1.82, 2.24) is 10.2 Å². The smallest absolute Gasteiger partial charge is 0.148 e. The second-order valence-corrected chi connectivity index (χ2v) is 4.45. The van der Waals surface area contributed by atoms with Crippen LogP contribution < -0.4 is 5.73 Å². The van der Waals surface area contributed by atoms with E-state index in [-0.39, 0.29) is 0 Å². The Labute approximate surface area is 96.8 Å². The lowest BCUT2D eigenvalue weighted by molar-refractivity contribution is 1.10. The molecular formula is C11H12BrN3. The highest BCUT2D eigenvalue weighted by molar-refractivity contribution is 9.10. The van der Waals surface area contributed by atoms with Crippen LogP contribution in [0.15, 0.2) is 22.7 Å². The summed E-state index contributed by atoms with van der Waals surface area (Å²) in [5.74, 6) is 0.554. The normalized spacial score (nSPS) is 10.6. The van der Waals surface area contributed by atoms with Crippen molar-refractivity contribution in [2.45, 2.75) is 13.8 Å². The van der Waals surface area contributed by atoms with Gasteiger partial charge < -0.3 is 5.73 Å². The van der Waals surface area contributed by atoms with Crippen LogP contribution in [0, 0.1) is 13.8 Å². The number of halogens is 1. The predicted octanol–water partition coefficient (Wildman–Crippen LogP) is 3.04. The molecule has 0 spiro atoms. The van der Waals surface area contributed by atoms with E-state index in [2.05, 4.69) is 45.2 Å². The average Bonchev–Trinajstić information content (AvgIpc) is 2.52. The quantitative estimate of drug-likeness (QED) is 0.833. The van der Waals surface area contributed by atoms with Crippen LogP contribution in [0.5, 0.6) is 0 Å². The molecule has 0 unspecified atom stereocenters. The van der Waals surface area contributed by atoms with Crippen LogP contribution in [0.1, 0.15) is 11.1 Å². The number of nitrogens with one attached hydrogen (secondary N) is 1. The summed E-state index contributed by atoms with van der Waals surface area (Å²) in [7, 11) is 0. The molecule has 0 atom stereocenters. The number of hydrogen-bond donors (Lipinski definition) is 2. The zero-order valence-electron chi connectivity index (χ0n) is 8.63. The van der Waals surface area contributed by atoms with Crippen LogP contribution in [-0.4, -0.2) is 10.2 Å². The fourth-order valence-electron chi connectivity index (χ4n) is 1.50. The van der Waals surface area contributed by atoms with Gasteiger partial charge in [-0.1, -0.05) is 27.6 Å². The lowest BCUT2D eigenvalue weighted by atomic mass is 10.1. The first-order chi connectivity index (χ1) is 7.09. The van der Waals surface area contributed by atoms with Gasteiger partial charge in [-0.2, -0.15) is 5.10 Å². The van der Waals surface area contributed by atoms with Gasteiger partial charge in [0.05, 0.1) is 5.69 Å². The average molecular weight is 266 g/mol. The standard InChI is InChI=1S/C11H12BrN3/c1-6-3-4-9(12)8(5-6)10-7(2)11(13)15-14-10/h3-5H,1-2H3,(H3,13,14,15). The van der Waals surface area contributed by atoms with Crippen LogP contribution in [0.25, 0.3) is 11.3 Å². The van der Waals surface area contributed by atoms with Gasteiger partial charge in [0.25, 0.3) is 0 Å². The van der Waals surface area contributed by atoms with Gasteiger partial charge in [-0.25, -0.2) is 0 Å². The van der Waals surface area contributed by atoms with E-state index in [0.717, 1.165) is 21.3 Å². The fourth-order valence-corrected chi connectivity index (χ4v) is 1.95. The number of rotatable bonds is 1. The second-order valence-electron chi connectivity index (χ2n) is 3.59. The summed E-state index contributed by atoms with van der Waals surface area (Å²) in [6.45, 7) is 4.02. The Morgan fingerprint density at radius 2 is 2.07 bits per heavy atom. The molecule has 0 saturated heterocycles. The topological polar surface area (TPSA) is 54.7 Å². The second kappa shape index (κ2) is 3.70. The maximum atomic E-state index is 5.71. The molecule has 3 nitrogen and oxygen atoms in total. The van der Waals surface area contributed by atoms with Crippen LogP contribution in [-0.2, 0) is 0 Å². The molecule has 1 heterocycles. The van der Waals surface area contributed by atoms with Crippen LogP contribution in [0.3, 0.4) is 0 Å². The van der Waals surface area contributed by atoms with Crippen molar-refractivity contribution in [3.05, 3.63) is 33.8 Å². The Balaban J connectivity index is 2.63. The number of H-pyrrole nitrogens is 1. The molecule has 0 aliphatic heterocycles. The third kappa shape index (κ3) is 1.77. The van der Waals surface area contributed by atoms with Crippen molar-refractivity contribution in [3.8, 4) is 11.3 Å². The molecular weight excluding hydrogens is 254 g/mol. The van der Waals surface area contributed by atoms with Gasteiger partial charge in [0.2, 0.25) is 0 Å². The zero-order valence-corrected chi connectivity index (χ0v) is 10.2. The first-order valence-corrected chi connectivity index (χ1v) is 5.46. The Kier molecular flexibility index (Phi) is 2.52. The molecule has 2 rings (SSSR count). The number of nitrogens with two attached hydrogens (primary N) is 1. The van der Waals surface area contributed by atoms with Gasteiger partial charge in [0.1, 0.15) is 5.82 Å². The van der Waals surface area contributed by atoms with Gasteiger partial charge in [-0.3, -0.25) is 5.10 Å². The number of anilines is 1. The maximum Gasteiger partial charge on any atom is 0.148 e. The SMILES string of the molecule is Cc1ccc(Br)c(-c2[nH]nc(N)c2C)c1. The Morgan fingerprint density at radius 3 is 2.67 bits per heavy atom. The molecule has 0 aliphatic rings. The maximum absolute atomic E-state index is 5.71. The van der Waals surface area contributed by atoms with E-state index in [0.29, 0.717) is 5.82 Å². The number of nitrogens with zero attached hydrogens (tertiary/aromatic N) is 1. The minimum atomic E-state index is 0.554. The van der Waals surface area contributed by atoms with Crippen molar-refractivity contribution < 1.29 is 0 Å². The molecule has 0 saturated carbocycles. The molecule has 4 heteroatoms. The van der Waals surface area contributed by atoms with Gasteiger partial charge in [0.15, 0.2) is 0 Å². The van der Waals surface area contributed by atoms with Crippen LogP contribution in [0.4, 0.5) is 5.82 Å². The number of benzene rings is 1. The van der Waals surface area contributed by atoms with E-state index in [9.17, 15) is 0 Å². The van der Waals surface area contributed by atoms with E-state index < -0.39 is 0 Å². The molecule has 0 aliphatic carbocycles. The summed E-state index contributed by atoms with van der Waals surface area (Å²) < 4.78 is 1.04. The number of aryl methyl sites for hydroxylation is 1. The molecule has 78 valence electrons. The Bertz CT molecular complexity index is 503. The Morgan fingerprint density at radius 1 is 1.33 bits per heavy atom. The third-order valence-corrected chi connectivity index (χ3v) is 3.13. The number of aromatic nitrogens is 2. The summed E-state index contributed by atoms with van der Waals surface area (Å²) in [6.07, 6.45) is 0. The molecule has 15 heavy (non-hydrogen) atoms. The molecule has 0 radical (unpaired) electrons. The summed E-state index contributed by atoms with van der Waals surface area (Å²) in [6, 6.07) is 6.19. The van der Waals surface area contributed by atoms with Crippen molar-refractivity contribution in [3.63, 3.8) is 0 Å². The molecule has 0 bridgehead atoms. The highest BCUT2D eigenvalue weighted by Gasteiger charge is 2.11. The highest BCUT2D eigenvalue weighted by atomic mass is 79.9. The van der Waals surface area contributed by atoms with Gasteiger partial charge in [-0.15, -0.1) is 0 Å². The number of aromatic amines is 1. The van der Waals surface area contributed by atoms with Crippen molar-refractivity contribution in [1.29, 1.82) is 0 Å². The predicted molar refractivity (Wildman–Crippen MR) is 65.6 cm³/mol. The number of nitrogen functional groups attached to an aromatic ring is 1. The number of hydrogen-bond acceptors (Lipinski definition) is 2. The third-order valence-electron chi connectivity index (χ3n) is 2.44. The molecule has 1 aromatic carbocycles. The first kappa shape index (κ1) is 10.2. The van der Waals surface area contributed by atoms with Gasteiger partial charge in [-0.05, 0) is 26.0 Å². The fraction of sp³-hybridized carbons (Fsp3) is 0.182. The van der Waals surface area contributed by atoms with Gasteiger partial charge >= 0.3 is 0 Å². The molecule has 2 aromatic rings. The first-order valence-electron chi connectivity index (χ1n) is 4.66. The van der Waals surface area contributed by atoms with E-state index >= 15 is 0 Å². The Hall–Kier alpha value is -1.29. The van der Waals surface area contributed by atoms with E-state index in [1.54, 1.807) is 0 Å². The zero-order chi connectivity index (χ0) is 11.0. The minimum Gasteiger partial charge on any atom is -0.382 e. The molecule has 1 aromatic heterocycles. The minimum absolute atomic E-state index is 0.554. The van der Waals surface area contributed by atoms with E-state index in [1.165, 1.54) is 5.56 Å². The lowest BCUT2D eigenvalue weighted by Crippen LogP contribution is -1.87. The summed E-state index contributed by atoms with van der Waals surface area (Å²) in [5.41, 5.74) is 9.97. The van der Waals surface area contributed by atoms with Crippen molar-refractivity contribution in [2.75, 3.05) is 5.73 Å². The lowest BCUT2D eigenvalue weighted by Gasteiger charge is -2.04. The summed E-state index contributed by atoms with van der Waals surface area (Å²) >= 11 is 3.52. The monoisotopic (exact) mass is 265 g/mol. The largest absolute Gasteiger partial charge is 0.382 e. The van der Waals surface area contributed by atoms with E-state index in [1.807, 2.05) is 13.0 Å². The highest BCUT2D eigenvalue weighted by Crippen LogP contribution is 2.31. The van der Waals surface area contributed by atoms with Crippen LogP contribution in [0.2, 0.25) is 0 Å². The van der Waals surface area contributed by atoms with Crippen molar-refractivity contribution in [2.24, 2.45) is 0 Å². The van der Waals surface area contributed by atoms with Crippen LogP contribution >= 0.6 is 15.9 Å². The van der Waals surface area contributed by atoms with Gasteiger partial charge in [0, 0.05) is 15.6 Å². The molecule has 3 N–H and O–H groups in total. The molecule has 0 fully saturated rings. The molecule has 0 amide bonds. The van der Waals surface area contributed by atoms with Crippen molar-refractivity contribution >= 4 is 21.7 Å². The summed E-state index contributed by atoms with van der Waals surface area (Å²) in [5, 5.41) is 6.95. The summed E-state index contributed by atoms with van der Waals surface area (Å²) in [4.78, 5) is 0.